The van der Waals surface area contributed by atoms with E-state index in [0.29, 0.717) is 11.8 Å². The highest BCUT2D eigenvalue weighted by molar-refractivity contribution is 5.93. The highest BCUT2D eigenvalue weighted by Crippen LogP contribution is 2.36. The number of nitrogens with zero attached hydrogens (tertiary/aromatic N) is 3. The van der Waals surface area contributed by atoms with Gasteiger partial charge in [0, 0.05) is 50.4 Å². The maximum Gasteiger partial charge on any atom is 0.227 e. The monoisotopic (exact) mass is 391 g/mol. The molecule has 0 spiro atoms. The summed E-state index contributed by atoms with van der Waals surface area (Å²) in [4.78, 5) is 21.4. The number of methoxy groups -OCH3 is 1. The van der Waals surface area contributed by atoms with E-state index in [2.05, 4.69) is 22.0 Å². The molecule has 0 bridgehead atoms. The Morgan fingerprint density at radius 2 is 2.14 bits per heavy atom. The molecular weight excluding hydrogens is 366 g/mol. The topological polar surface area (TPSA) is 58.8 Å². The average Bonchev–Trinajstić information content (AvgIpc) is 3.37. The number of rotatable bonds is 4. The van der Waals surface area contributed by atoms with Gasteiger partial charge in [0.1, 0.15) is 11.3 Å². The number of pyridine rings is 1. The van der Waals surface area contributed by atoms with Gasteiger partial charge in [-0.1, -0.05) is 6.07 Å². The molecule has 5 rings (SSSR count). The number of likely N-dealkylation sites (tertiary alicyclic amines) is 2. The molecule has 0 aliphatic carbocycles. The number of ether oxygens (including phenoxy) is 1. The number of carbonyl (C=O) groups excluding carboxylic acids is 1. The SMILES string of the molecule is COc1ccc(CN2C[C@H]3CCN(C)C(=O)[C@H]3C2)cc1-c1nccc2occc12. The molecule has 0 saturated carbocycles. The second-order valence-electron chi connectivity index (χ2n) is 8.14. The number of amides is 1. The third-order valence-electron chi connectivity index (χ3n) is 6.35. The molecule has 6 nitrogen and oxygen atoms in total. The number of carbonyl (C=O) groups is 1. The number of benzene rings is 1. The van der Waals surface area contributed by atoms with Crippen molar-refractivity contribution in [2.24, 2.45) is 11.8 Å². The van der Waals surface area contributed by atoms with E-state index in [1.54, 1.807) is 19.6 Å². The largest absolute Gasteiger partial charge is 0.496 e. The lowest BCUT2D eigenvalue weighted by Gasteiger charge is -2.30. The Hall–Kier alpha value is -2.86. The van der Waals surface area contributed by atoms with E-state index in [1.807, 2.05) is 30.1 Å². The fourth-order valence-electron chi connectivity index (χ4n) is 4.82. The molecule has 2 aliphatic rings. The second-order valence-corrected chi connectivity index (χ2v) is 8.14. The van der Waals surface area contributed by atoms with Crippen molar-refractivity contribution in [1.29, 1.82) is 0 Å². The molecule has 3 aromatic rings. The first-order valence-electron chi connectivity index (χ1n) is 10.1. The number of piperidine rings is 1. The molecule has 2 aromatic heterocycles. The third kappa shape index (κ3) is 3.17. The highest BCUT2D eigenvalue weighted by Gasteiger charge is 2.41. The molecule has 150 valence electrons. The van der Waals surface area contributed by atoms with Crippen molar-refractivity contribution in [1.82, 2.24) is 14.8 Å². The molecule has 4 heterocycles. The lowest BCUT2D eigenvalue weighted by molar-refractivity contribution is -0.137. The van der Waals surface area contributed by atoms with Gasteiger partial charge in [-0.3, -0.25) is 14.7 Å². The minimum Gasteiger partial charge on any atom is -0.496 e. The number of furan rings is 1. The lowest BCUT2D eigenvalue weighted by Crippen LogP contribution is -2.42. The minimum absolute atomic E-state index is 0.146. The molecule has 0 unspecified atom stereocenters. The van der Waals surface area contributed by atoms with Gasteiger partial charge < -0.3 is 14.1 Å². The summed E-state index contributed by atoms with van der Waals surface area (Å²) in [6.45, 7) is 3.52. The molecule has 2 aliphatic heterocycles. The van der Waals surface area contributed by atoms with E-state index < -0.39 is 0 Å². The van der Waals surface area contributed by atoms with Crippen LogP contribution in [0.3, 0.4) is 0 Å². The quantitative estimate of drug-likeness (QED) is 0.682. The van der Waals surface area contributed by atoms with Crippen LogP contribution < -0.4 is 4.74 Å². The highest BCUT2D eigenvalue weighted by atomic mass is 16.5. The van der Waals surface area contributed by atoms with Gasteiger partial charge in [-0.15, -0.1) is 0 Å². The molecular formula is C23H25N3O3. The van der Waals surface area contributed by atoms with E-state index in [4.69, 9.17) is 9.15 Å². The average molecular weight is 391 g/mol. The van der Waals surface area contributed by atoms with Crippen molar-refractivity contribution < 1.29 is 13.9 Å². The van der Waals surface area contributed by atoms with E-state index >= 15 is 0 Å². The standard InChI is InChI=1S/C23H25N3O3/c1-25-9-6-16-13-26(14-19(16)23(25)27)12-15-3-4-20(28-2)18(11-15)22-17-7-10-29-21(17)5-8-24-22/h3-5,7-8,10-11,16,19H,6,9,12-14H2,1-2H3/t16-,19+/m1/s1. The van der Waals surface area contributed by atoms with Crippen molar-refractivity contribution in [3.05, 3.63) is 48.4 Å². The Bertz CT molecular complexity index is 1060. The number of aromatic nitrogens is 1. The van der Waals surface area contributed by atoms with Gasteiger partial charge in [0.05, 0.1) is 25.0 Å². The Morgan fingerprint density at radius 1 is 1.24 bits per heavy atom. The number of hydrogen-bond acceptors (Lipinski definition) is 5. The van der Waals surface area contributed by atoms with Gasteiger partial charge in [-0.2, -0.15) is 0 Å². The summed E-state index contributed by atoms with van der Waals surface area (Å²) in [7, 11) is 3.60. The maximum absolute atomic E-state index is 12.5. The Balaban J connectivity index is 1.43. The first-order valence-corrected chi connectivity index (χ1v) is 10.1. The molecule has 6 heteroatoms. The fraction of sp³-hybridized carbons (Fsp3) is 0.391. The second kappa shape index (κ2) is 7.19. The predicted octanol–water partition coefficient (Wildman–Crippen LogP) is 3.41. The van der Waals surface area contributed by atoms with Crippen molar-refractivity contribution in [2.45, 2.75) is 13.0 Å². The van der Waals surface area contributed by atoms with Crippen LogP contribution in [0, 0.1) is 11.8 Å². The van der Waals surface area contributed by atoms with Crippen LogP contribution in [0.1, 0.15) is 12.0 Å². The van der Waals surface area contributed by atoms with Crippen molar-refractivity contribution in [2.75, 3.05) is 33.8 Å². The summed E-state index contributed by atoms with van der Waals surface area (Å²) in [5, 5.41) is 0.976. The molecule has 1 aromatic carbocycles. The molecule has 1 amide bonds. The van der Waals surface area contributed by atoms with Crippen LogP contribution in [-0.4, -0.2) is 54.5 Å². The predicted molar refractivity (Wildman–Crippen MR) is 111 cm³/mol. The molecule has 2 fully saturated rings. The maximum atomic E-state index is 12.5. The fourth-order valence-corrected chi connectivity index (χ4v) is 4.82. The third-order valence-corrected chi connectivity index (χ3v) is 6.35. The minimum atomic E-state index is 0.146. The van der Waals surface area contributed by atoms with Crippen LogP contribution in [0.4, 0.5) is 0 Å². The van der Waals surface area contributed by atoms with Crippen molar-refractivity contribution in [3.8, 4) is 17.0 Å². The summed E-state index contributed by atoms with van der Waals surface area (Å²) >= 11 is 0. The Labute approximate surface area is 170 Å². The van der Waals surface area contributed by atoms with Crippen LogP contribution >= 0.6 is 0 Å². The van der Waals surface area contributed by atoms with Crippen LogP contribution in [0.5, 0.6) is 5.75 Å². The lowest BCUT2D eigenvalue weighted by atomic mass is 9.88. The molecule has 0 N–H and O–H groups in total. The van der Waals surface area contributed by atoms with Gasteiger partial charge in [0.25, 0.3) is 0 Å². The molecule has 29 heavy (non-hydrogen) atoms. The van der Waals surface area contributed by atoms with Gasteiger partial charge >= 0.3 is 0 Å². The zero-order valence-electron chi connectivity index (χ0n) is 16.8. The van der Waals surface area contributed by atoms with Crippen LogP contribution in [0.2, 0.25) is 0 Å². The van der Waals surface area contributed by atoms with E-state index in [0.717, 1.165) is 60.6 Å². The summed E-state index contributed by atoms with van der Waals surface area (Å²) in [6, 6.07) is 10.1. The first-order chi connectivity index (χ1) is 14.1. The summed E-state index contributed by atoms with van der Waals surface area (Å²) < 4.78 is 11.2. The van der Waals surface area contributed by atoms with E-state index in [1.165, 1.54) is 5.56 Å². The van der Waals surface area contributed by atoms with Gasteiger partial charge in [-0.05, 0) is 42.2 Å². The summed E-state index contributed by atoms with van der Waals surface area (Å²) in [5.74, 6) is 1.72. The zero-order chi connectivity index (χ0) is 20.0. The first kappa shape index (κ1) is 18.2. The zero-order valence-corrected chi connectivity index (χ0v) is 16.8. The number of fused-ring (bicyclic) bond motifs is 2. The Morgan fingerprint density at radius 3 is 3.00 bits per heavy atom. The number of hydrogen-bond donors (Lipinski definition) is 0. The molecule has 0 radical (unpaired) electrons. The van der Waals surface area contributed by atoms with Crippen LogP contribution in [-0.2, 0) is 11.3 Å². The molecule has 2 saturated heterocycles. The summed E-state index contributed by atoms with van der Waals surface area (Å²) in [6.07, 6.45) is 4.55. The van der Waals surface area contributed by atoms with E-state index in [-0.39, 0.29) is 5.92 Å². The summed E-state index contributed by atoms with van der Waals surface area (Å²) in [5.41, 5.74) is 3.84. The van der Waals surface area contributed by atoms with Crippen LogP contribution in [0.15, 0.2) is 47.2 Å². The van der Waals surface area contributed by atoms with E-state index in [9.17, 15) is 4.79 Å². The normalized spacial score (nSPS) is 22.3. The Kier molecular flexibility index (Phi) is 4.51. The molecule has 2 atom stereocenters. The van der Waals surface area contributed by atoms with Gasteiger partial charge in [0.15, 0.2) is 0 Å². The van der Waals surface area contributed by atoms with Gasteiger partial charge in [0.2, 0.25) is 5.91 Å². The van der Waals surface area contributed by atoms with Crippen LogP contribution in [0.25, 0.3) is 22.2 Å². The van der Waals surface area contributed by atoms with Crippen molar-refractivity contribution in [3.63, 3.8) is 0 Å². The van der Waals surface area contributed by atoms with Crippen molar-refractivity contribution >= 4 is 16.9 Å². The smallest absolute Gasteiger partial charge is 0.227 e. The van der Waals surface area contributed by atoms with Gasteiger partial charge in [-0.25, -0.2) is 0 Å².